The number of thioether (sulfide) groups is 1. The van der Waals surface area contributed by atoms with Gasteiger partial charge in [-0.3, -0.25) is 33.3 Å². The Morgan fingerprint density at radius 2 is 1.46 bits per heavy atom. The van der Waals surface area contributed by atoms with E-state index >= 15 is 0 Å². The highest BCUT2D eigenvalue weighted by atomic mass is 32.2. The van der Waals surface area contributed by atoms with Crippen molar-refractivity contribution >= 4 is 54.8 Å². The normalized spacial score (nSPS) is 24.9. The fourth-order valence-corrected chi connectivity index (χ4v) is 7.15. The highest BCUT2D eigenvalue weighted by Crippen LogP contribution is 2.39. The van der Waals surface area contributed by atoms with E-state index in [2.05, 4.69) is 26.6 Å². The molecule has 2 aliphatic heterocycles. The van der Waals surface area contributed by atoms with Gasteiger partial charge in [0.15, 0.2) is 0 Å². The number of rotatable bonds is 10. The maximum atomic E-state index is 14.0. The first kappa shape index (κ1) is 41.0. The molecule has 2 fully saturated rings. The smallest absolute Gasteiger partial charge is 0.329 e. The summed E-state index contributed by atoms with van der Waals surface area (Å²) >= 11 is 1.49. The number of carbonyl (C=O) groups is 6. The molecule has 5 atom stereocenters. The van der Waals surface area contributed by atoms with E-state index in [9.17, 15) is 43.1 Å². The number of carbonyl (C=O) groups excluding carboxylic acids is 6. The lowest BCUT2D eigenvalue weighted by atomic mass is 9.99. The molecule has 0 unspecified atom stereocenters. The van der Waals surface area contributed by atoms with E-state index in [0.717, 1.165) is 0 Å². The van der Waals surface area contributed by atoms with Crippen LogP contribution in [0.3, 0.4) is 0 Å². The van der Waals surface area contributed by atoms with Gasteiger partial charge >= 0.3 is 7.60 Å². The number of hydrogen-bond acceptors (Lipinski definition) is 8. The van der Waals surface area contributed by atoms with Gasteiger partial charge in [0.2, 0.25) is 35.4 Å². The van der Waals surface area contributed by atoms with Crippen molar-refractivity contribution in [3.8, 4) is 0 Å². The average molecular weight is 739 g/mol. The van der Waals surface area contributed by atoms with Gasteiger partial charge in [0.05, 0.1) is 12.7 Å². The standard InChI is InChI=1S/C33H51N6O9PS/c1-19(2)15-24-29(41)34-17-27(40)35-25(16-21-8-10-22(11-9-21)18-49(46,47)48)31(43)38-28(20(3)4)33(45)39-13-6-7-26(39)32(44)36-23(12-14-50-5)30(42)37-24/h8-11,19-20,23-26,28H,6-7,12-18H2,1-5H3,(H,34,41)(H,35,40)(H,36,44)(H,37,42)(H,38,43)(H2,46,47,48)/t23-,24-,25-,26-,28-/m0/s1. The van der Waals surface area contributed by atoms with Gasteiger partial charge in [-0.1, -0.05) is 52.0 Å². The Kier molecular flexibility index (Phi) is 15.3. The van der Waals surface area contributed by atoms with Crippen molar-refractivity contribution in [1.82, 2.24) is 31.5 Å². The third-order valence-corrected chi connectivity index (χ3v) is 10.00. The van der Waals surface area contributed by atoms with Crippen LogP contribution in [0.1, 0.15) is 64.5 Å². The Morgan fingerprint density at radius 3 is 2.06 bits per heavy atom. The quantitative estimate of drug-likeness (QED) is 0.164. The van der Waals surface area contributed by atoms with Gasteiger partial charge in [0.1, 0.15) is 30.2 Å². The zero-order valence-corrected chi connectivity index (χ0v) is 31.0. The molecule has 2 saturated heterocycles. The number of nitrogens with one attached hydrogen (secondary N) is 5. The molecule has 7 N–H and O–H groups in total. The van der Waals surface area contributed by atoms with Crippen LogP contribution >= 0.6 is 19.4 Å². The lowest BCUT2D eigenvalue weighted by Gasteiger charge is -2.32. The van der Waals surface area contributed by atoms with Gasteiger partial charge in [0.25, 0.3) is 0 Å². The minimum Gasteiger partial charge on any atom is -0.345 e. The number of hydrogen-bond donors (Lipinski definition) is 7. The van der Waals surface area contributed by atoms with Crippen LogP contribution in [-0.2, 0) is 45.9 Å². The summed E-state index contributed by atoms with van der Waals surface area (Å²) in [6.07, 6.45) is 2.81. The molecule has 15 nitrogen and oxygen atoms in total. The molecular formula is C33H51N6O9PS. The minimum absolute atomic E-state index is 0.00917. The number of amides is 6. The Hall–Kier alpha value is -3.46. The molecule has 1 aromatic rings. The van der Waals surface area contributed by atoms with Gasteiger partial charge in [-0.2, -0.15) is 11.8 Å². The first-order valence-electron chi connectivity index (χ1n) is 16.9. The summed E-state index contributed by atoms with van der Waals surface area (Å²) in [4.78, 5) is 102. The first-order chi connectivity index (χ1) is 23.5. The second-order valence-electron chi connectivity index (χ2n) is 13.6. The van der Waals surface area contributed by atoms with Crippen LogP contribution in [0.5, 0.6) is 0 Å². The molecule has 50 heavy (non-hydrogen) atoms. The number of nitrogens with zero attached hydrogens (tertiary/aromatic N) is 1. The predicted octanol–water partition coefficient (Wildman–Crippen LogP) is 0.422. The van der Waals surface area contributed by atoms with E-state index in [0.29, 0.717) is 29.7 Å². The average Bonchev–Trinajstić information content (AvgIpc) is 3.53. The van der Waals surface area contributed by atoms with Gasteiger partial charge < -0.3 is 41.3 Å². The van der Waals surface area contributed by atoms with Crippen LogP contribution in [0.2, 0.25) is 0 Å². The number of fused-ring (bicyclic) bond motifs is 1. The van der Waals surface area contributed by atoms with Crippen LogP contribution in [0.4, 0.5) is 0 Å². The van der Waals surface area contributed by atoms with Gasteiger partial charge in [-0.25, -0.2) is 0 Å². The van der Waals surface area contributed by atoms with Crippen molar-refractivity contribution in [2.75, 3.05) is 25.1 Å². The van der Waals surface area contributed by atoms with Gasteiger partial charge in [-0.05, 0) is 60.7 Å². The van der Waals surface area contributed by atoms with Crippen molar-refractivity contribution < 1.29 is 43.1 Å². The van der Waals surface area contributed by atoms with E-state index in [-0.39, 0.29) is 31.7 Å². The van der Waals surface area contributed by atoms with Gasteiger partial charge in [0, 0.05) is 13.0 Å². The van der Waals surface area contributed by atoms with Crippen LogP contribution in [0, 0.1) is 11.8 Å². The third-order valence-electron chi connectivity index (χ3n) is 8.58. The second-order valence-corrected chi connectivity index (χ2v) is 16.3. The fourth-order valence-electron chi connectivity index (χ4n) is 6.00. The minimum atomic E-state index is -4.30. The predicted molar refractivity (Wildman–Crippen MR) is 189 cm³/mol. The number of benzene rings is 1. The summed E-state index contributed by atoms with van der Waals surface area (Å²) in [6, 6.07) is 1.10. The lowest BCUT2D eigenvalue weighted by Crippen LogP contribution is -2.61. The maximum Gasteiger partial charge on any atom is 0.329 e. The molecule has 0 radical (unpaired) electrons. The highest BCUT2D eigenvalue weighted by Gasteiger charge is 2.40. The molecule has 0 spiro atoms. The molecule has 2 aliphatic rings. The van der Waals surface area contributed by atoms with E-state index in [4.69, 9.17) is 0 Å². The van der Waals surface area contributed by atoms with Crippen LogP contribution in [0.25, 0.3) is 0 Å². The zero-order chi connectivity index (χ0) is 37.2. The van der Waals surface area contributed by atoms with Crippen LogP contribution in [0.15, 0.2) is 24.3 Å². The summed E-state index contributed by atoms with van der Waals surface area (Å²) in [5.74, 6) is -3.33. The molecule has 3 rings (SSSR count). The molecule has 1 aromatic carbocycles. The Bertz CT molecular complexity index is 1440. The molecule has 17 heteroatoms. The SMILES string of the molecule is CSCC[C@@H]1NC(=O)[C@@H]2CCCN2C(=O)[C@H](C(C)C)NC(=O)[C@H](Cc2ccc(CP(=O)(O)O)cc2)NC(=O)CNC(=O)[C@H](CC(C)C)NC1=O. The Morgan fingerprint density at radius 1 is 0.840 bits per heavy atom. The highest BCUT2D eigenvalue weighted by molar-refractivity contribution is 7.98. The largest absolute Gasteiger partial charge is 0.345 e. The first-order valence-corrected chi connectivity index (χ1v) is 20.1. The van der Waals surface area contributed by atoms with Crippen molar-refractivity contribution in [3.63, 3.8) is 0 Å². The summed E-state index contributed by atoms with van der Waals surface area (Å²) in [5, 5.41) is 13.5. The van der Waals surface area contributed by atoms with Crippen molar-refractivity contribution in [3.05, 3.63) is 35.4 Å². The van der Waals surface area contributed by atoms with Crippen LogP contribution < -0.4 is 26.6 Å². The maximum absolute atomic E-state index is 14.0. The molecule has 0 aromatic heterocycles. The van der Waals surface area contributed by atoms with Crippen LogP contribution in [-0.4, -0.2) is 105 Å². The summed E-state index contributed by atoms with van der Waals surface area (Å²) in [7, 11) is -4.30. The summed E-state index contributed by atoms with van der Waals surface area (Å²) in [6.45, 7) is 7.02. The monoisotopic (exact) mass is 738 g/mol. The van der Waals surface area contributed by atoms with Crippen molar-refractivity contribution in [1.29, 1.82) is 0 Å². The second kappa shape index (κ2) is 18.7. The van der Waals surface area contributed by atoms with E-state index in [1.807, 2.05) is 20.1 Å². The third kappa shape index (κ3) is 12.4. The molecule has 0 bridgehead atoms. The van der Waals surface area contributed by atoms with E-state index < -0.39 is 91.9 Å². The van der Waals surface area contributed by atoms with Crippen molar-refractivity contribution in [2.24, 2.45) is 11.8 Å². The Labute approximate surface area is 297 Å². The molecule has 0 saturated carbocycles. The molecule has 6 amide bonds. The zero-order valence-electron chi connectivity index (χ0n) is 29.3. The summed E-state index contributed by atoms with van der Waals surface area (Å²) < 4.78 is 11.4. The topological polar surface area (TPSA) is 223 Å². The Balaban J connectivity index is 1.98. The summed E-state index contributed by atoms with van der Waals surface area (Å²) in [5.41, 5.74) is 0.946. The molecular weight excluding hydrogens is 687 g/mol. The van der Waals surface area contributed by atoms with Gasteiger partial charge in [-0.15, -0.1) is 0 Å². The molecule has 0 aliphatic carbocycles. The molecule has 2 heterocycles. The molecule has 278 valence electrons. The van der Waals surface area contributed by atoms with Crippen molar-refractivity contribution in [2.45, 2.75) is 96.2 Å². The van der Waals surface area contributed by atoms with E-state index in [1.54, 1.807) is 26.0 Å². The van der Waals surface area contributed by atoms with E-state index in [1.165, 1.54) is 28.8 Å². The lowest BCUT2D eigenvalue weighted by molar-refractivity contribution is -0.143. The fraction of sp³-hybridized carbons (Fsp3) is 0.636.